The lowest BCUT2D eigenvalue weighted by atomic mass is 10.0. The number of hydrogen-bond donors (Lipinski definition) is 2. The quantitative estimate of drug-likeness (QED) is 0.792. The lowest BCUT2D eigenvalue weighted by molar-refractivity contribution is 0.0940. The van der Waals surface area contributed by atoms with E-state index >= 15 is 0 Å². The van der Waals surface area contributed by atoms with E-state index in [1.165, 1.54) is 12.3 Å². The number of nitrogens with zero attached hydrogens (tertiary/aromatic N) is 2. The topological polar surface area (TPSA) is 75.1 Å². The maximum atomic E-state index is 12.0. The van der Waals surface area contributed by atoms with Crippen LogP contribution in [0, 0.1) is 5.92 Å². The number of pyridine rings is 2. The molecule has 5 nitrogen and oxygen atoms in total. The zero-order chi connectivity index (χ0) is 15.9. The minimum Gasteiger partial charge on any atom is -0.396 e. The van der Waals surface area contributed by atoms with E-state index in [9.17, 15) is 9.90 Å². The van der Waals surface area contributed by atoms with Gasteiger partial charge >= 0.3 is 0 Å². The van der Waals surface area contributed by atoms with Crippen molar-refractivity contribution in [3.8, 4) is 0 Å². The first-order valence-corrected chi connectivity index (χ1v) is 7.44. The van der Waals surface area contributed by atoms with E-state index in [-0.39, 0.29) is 23.6 Å². The molecule has 2 aromatic rings. The molecule has 0 radical (unpaired) electrons. The van der Waals surface area contributed by atoms with Crippen LogP contribution in [-0.4, -0.2) is 34.1 Å². The first-order valence-electron chi connectivity index (χ1n) is 6.69. The molecule has 7 heteroatoms. The minimum atomic E-state index is -0.261. The molecule has 1 amide bonds. The van der Waals surface area contributed by atoms with E-state index in [2.05, 4.69) is 15.3 Å². The monoisotopic (exact) mass is 339 g/mol. The Kier molecular flexibility index (Phi) is 6.12. The van der Waals surface area contributed by atoms with Gasteiger partial charge in [0.15, 0.2) is 0 Å². The molecule has 0 fully saturated rings. The smallest absolute Gasteiger partial charge is 0.251 e. The number of carbonyl (C=O) groups excluding carboxylic acids is 1. The van der Waals surface area contributed by atoms with Gasteiger partial charge in [0.2, 0.25) is 0 Å². The summed E-state index contributed by atoms with van der Waals surface area (Å²) in [4.78, 5) is 19.8. The van der Waals surface area contributed by atoms with E-state index in [0.29, 0.717) is 23.6 Å². The molecule has 116 valence electrons. The molecule has 0 aliphatic heterocycles. The number of amides is 1. The highest BCUT2D eigenvalue weighted by Gasteiger charge is 2.13. The van der Waals surface area contributed by atoms with E-state index < -0.39 is 0 Å². The summed E-state index contributed by atoms with van der Waals surface area (Å²) >= 11 is 11.8. The molecule has 0 saturated carbocycles. The van der Waals surface area contributed by atoms with Crippen LogP contribution in [0.1, 0.15) is 15.9 Å². The molecular formula is C15H15Cl2N3O2. The maximum Gasteiger partial charge on any atom is 0.251 e. The fourth-order valence-electron chi connectivity index (χ4n) is 1.96. The Hall–Kier alpha value is -1.69. The number of hydrogen-bond acceptors (Lipinski definition) is 4. The van der Waals surface area contributed by atoms with Crippen LogP contribution in [0.25, 0.3) is 0 Å². The van der Waals surface area contributed by atoms with Gasteiger partial charge in [-0.15, -0.1) is 0 Å². The van der Waals surface area contributed by atoms with Crippen LogP contribution in [-0.2, 0) is 6.42 Å². The molecule has 0 bridgehead atoms. The van der Waals surface area contributed by atoms with Gasteiger partial charge in [0.05, 0.1) is 5.02 Å². The number of aliphatic hydroxyl groups is 1. The summed E-state index contributed by atoms with van der Waals surface area (Å²) < 4.78 is 0. The van der Waals surface area contributed by atoms with Crippen LogP contribution in [0.3, 0.4) is 0 Å². The molecule has 0 aromatic carbocycles. The number of rotatable bonds is 6. The lowest BCUT2D eigenvalue weighted by Gasteiger charge is -2.16. The number of halogens is 2. The van der Waals surface area contributed by atoms with Crippen molar-refractivity contribution in [1.82, 2.24) is 15.3 Å². The maximum absolute atomic E-state index is 12.0. The minimum absolute atomic E-state index is 0.0595. The molecule has 0 saturated heterocycles. The molecule has 1 atom stereocenters. The van der Waals surface area contributed by atoms with Crippen LogP contribution in [0.4, 0.5) is 0 Å². The number of carbonyl (C=O) groups is 1. The van der Waals surface area contributed by atoms with Crippen molar-refractivity contribution in [1.29, 1.82) is 0 Å². The average Bonchev–Trinajstić information content (AvgIpc) is 2.52. The third-order valence-corrected chi connectivity index (χ3v) is 3.71. The molecule has 2 N–H and O–H groups in total. The first-order chi connectivity index (χ1) is 10.6. The van der Waals surface area contributed by atoms with E-state index in [4.69, 9.17) is 23.2 Å². The van der Waals surface area contributed by atoms with Crippen molar-refractivity contribution in [3.05, 3.63) is 58.1 Å². The Morgan fingerprint density at radius 1 is 1.32 bits per heavy atom. The van der Waals surface area contributed by atoms with Crippen molar-refractivity contribution in [2.45, 2.75) is 6.42 Å². The van der Waals surface area contributed by atoms with Crippen molar-refractivity contribution in [3.63, 3.8) is 0 Å². The second-order valence-corrected chi connectivity index (χ2v) is 5.59. The van der Waals surface area contributed by atoms with Crippen molar-refractivity contribution in [2.75, 3.05) is 13.2 Å². The summed E-state index contributed by atoms with van der Waals surface area (Å²) in [6.45, 7) is 0.268. The summed E-state index contributed by atoms with van der Waals surface area (Å²) in [6.07, 6.45) is 5.23. The second kappa shape index (κ2) is 8.08. The third kappa shape index (κ3) is 4.66. The van der Waals surface area contributed by atoms with Gasteiger partial charge in [0, 0.05) is 43.2 Å². The molecular weight excluding hydrogens is 325 g/mol. The molecule has 0 spiro atoms. The number of aliphatic hydroxyl groups excluding tert-OH is 1. The van der Waals surface area contributed by atoms with Gasteiger partial charge in [-0.2, -0.15) is 0 Å². The number of nitrogens with one attached hydrogen (secondary N) is 1. The normalized spacial score (nSPS) is 12.0. The van der Waals surface area contributed by atoms with Gasteiger partial charge in [-0.1, -0.05) is 23.2 Å². The van der Waals surface area contributed by atoms with Crippen LogP contribution in [0.2, 0.25) is 10.2 Å². The van der Waals surface area contributed by atoms with Crippen LogP contribution in [0.5, 0.6) is 0 Å². The van der Waals surface area contributed by atoms with Crippen LogP contribution >= 0.6 is 23.2 Å². The molecule has 2 heterocycles. The van der Waals surface area contributed by atoms with Crippen molar-refractivity contribution >= 4 is 29.1 Å². The molecule has 22 heavy (non-hydrogen) atoms. The molecule has 0 aliphatic rings. The zero-order valence-corrected chi connectivity index (χ0v) is 13.2. The predicted molar refractivity (Wildman–Crippen MR) is 85.1 cm³/mol. The highest BCUT2D eigenvalue weighted by atomic mass is 35.5. The third-order valence-electron chi connectivity index (χ3n) is 3.16. The van der Waals surface area contributed by atoms with Gasteiger partial charge in [-0.25, -0.2) is 4.98 Å². The summed E-state index contributed by atoms with van der Waals surface area (Å²) in [5.74, 6) is -0.398. The predicted octanol–water partition coefficient (Wildman–Crippen LogP) is 2.36. The van der Waals surface area contributed by atoms with Crippen molar-refractivity contribution < 1.29 is 9.90 Å². The van der Waals surface area contributed by atoms with Gasteiger partial charge in [0.25, 0.3) is 5.91 Å². The molecule has 2 rings (SSSR count). The zero-order valence-electron chi connectivity index (χ0n) is 11.7. The van der Waals surface area contributed by atoms with E-state index in [1.54, 1.807) is 24.5 Å². The van der Waals surface area contributed by atoms with Crippen LogP contribution in [0.15, 0.2) is 36.8 Å². The fourth-order valence-corrected chi connectivity index (χ4v) is 2.33. The largest absolute Gasteiger partial charge is 0.396 e. The Bertz CT molecular complexity index is 652. The SMILES string of the molecule is O=C(NC[C@H](CO)Cc1ccncc1Cl)c1ccnc(Cl)c1. The van der Waals surface area contributed by atoms with Gasteiger partial charge < -0.3 is 10.4 Å². The Labute approximate surface area is 138 Å². The van der Waals surface area contributed by atoms with Crippen LogP contribution < -0.4 is 5.32 Å². The fraction of sp³-hybridized carbons (Fsp3) is 0.267. The molecule has 0 aliphatic carbocycles. The standard InChI is InChI=1S/C15H15Cl2N3O2/c16-13-8-18-3-1-11(13)5-10(9-21)7-20-15(22)12-2-4-19-14(17)6-12/h1-4,6,8,10,21H,5,7,9H2,(H,20,22)/t10-/m1/s1. The van der Waals surface area contributed by atoms with Crippen molar-refractivity contribution in [2.24, 2.45) is 5.92 Å². The second-order valence-electron chi connectivity index (χ2n) is 4.80. The first kappa shape index (κ1) is 16.7. The summed E-state index contributed by atoms with van der Waals surface area (Å²) in [7, 11) is 0. The van der Waals surface area contributed by atoms with Gasteiger partial charge in [-0.3, -0.25) is 9.78 Å². The Morgan fingerprint density at radius 3 is 2.82 bits per heavy atom. The van der Waals surface area contributed by atoms with Gasteiger partial charge in [0.1, 0.15) is 5.15 Å². The molecule has 2 aromatic heterocycles. The lowest BCUT2D eigenvalue weighted by Crippen LogP contribution is -2.31. The summed E-state index contributed by atoms with van der Waals surface area (Å²) in [5, 5.41) is 13.0. The highest BCUT2D eigenvalue weighted by Crippen LogP contribution is 2.17. The van der Waals surface area contributed by atoms with Gasteiger partial charge in [-0.05, 0) is 30.2 Å². The Morgan fingerprint density at radius 2 is 2.14 bits per heavy atom. The summed E-state index contributed by atoms with van der Waals surface area (Å²) in [6, 6.07) is 4.87. The van der Waals surface area contributed by atoms with E-state index in [0.717, 1.165) is 5.56 Å². The van der Waals surface area contributed by atoms with E-state index in [1.807, 2.05) is 0 Å². The number of aromatic nitrogens is 2. The molecule has 0 unspecified atom stereocenters. The highest BCUT2D eigenvalue weighted by molar-refractivity contribution is 6.31. The summed E-state index contributed by atoms with van der Waals surface area (Å²) in [5.41, 5.74) is 1.32. The average molecular weight is 340 g/mol. The Balaban J connectivity index is 1.94.